The third-order valence-electron chi connectivity index (χ3n) is 3.40. The zero-order valence-electron chi connectivity index (χ0n) is 11.8. The lowest BCUT2D eigenvalue weighted by atomic mass is 10.0. The van der Waals surface area contributed by atoms with Crippen molar-refractivity contribution in [3.05, 3.63) is 21.9 Å². The van der Waals surface area contributed by atoms with Gasteiger partial charge in [-0.1, -0.05) is 0 Å². The Morgan fingerprint density at radius 3 is 2.61 bits per heavy atom. The van der Waals surface area contributed by atoms with Gasteiger partial charge in [-0.2, -0.15) is 11.8 Å². The first-order chi connectivity index (χ1) is 8.39. The smallest absolute Gasteiger partial charge is 0.0591 e. The molecule has 0 radical (unpaired) electrons. The van der Waals surface area contributed by atoms with E-state index in [1.54, 1.807) is 0 Å². The van der Waals surface area contributed by atoms with E-state index in [-0.39, 0.29) is 6.04 Å². The second kappa shape index (κ2) is 5.53. The van der Waals surface area contributed by atoms with E-state index in [1.807, 2.05) is 11.3 Å². The van der Waals surface area contributed by atoms with Crippen LogP contribution in [0.1, 0.15) is 36.6 Å². The number of thiophene rings is 1. The monoisotopic (exact) mass is 284 g/mol. The predicted octanol–water partition coefficient (Wildman–Crippen LogP) is 3.27. The molecular weight excluding hydrogens is 260 g/mol. The molecule has 2 rings (SSSR count). The number of thioether (sulfide) groups is 1. The number of nitrogens with two attached hydrogens (primary N) is 1. The van der Waals surface area contributed by atoms with Gasteiger partial charge in [-0.25, -0.2) is 0 Å². The second-order valence-corrected chi connectivity index (χ2v) is 8.95. The van der Waals surface area contributed by atoms with E-state index in [0.717, 1.165) is 13.1 Å². The summed E-state index contributed by atoms with van der Waals surface area (Å²) in [5.41, 5.74) is 6.26. The fraction of sp³-hybridized carbons (Fsp3) is 0.714. The van der Waals surface area contributed by atoms with E-state index in [9.17, 15) is 0 Å². The standard InChI is InChI=1S/C14H24N2S2/c1-10-5-6-12(18-10)13(11(2)15)16-7-8-17-14(3,4)9-16/h5-6,11,13H,7-9,15H2,1-4H3. The van der Waals surface area contributed by atoms with E-state index in [0.29, 0.717) is 10.8 Å². The average Bonchev–Trinajstić information content (AvgIpc) is 2.63. The van der Waals surface area contributed by atoms with Crippen molar-refractivity contribution < 1.29 is 0 Å². The highest BCUT2D eigenvalue weighted by molar-refractivity contribution is 8.00. The molecule has 18 heavy (non-hydrogen) atoms. The van der Waals surface area contributed by atoms with Crippen molar-refractivity contribution >= 4 is 23.1 Å². The van der Waals surface area contributed by atoms with Gasteiger partial charge in [0.1, 0.15) is 0 Å². The first-order valence-electron chi connectivity index (χ1n) is 6.59. The Balaban J connectivity index is 2.20. The number of aryl methyl sites for hydroxylation is 1. The van der Waals surface area contributed by atoms with Crippen LogP contribution in [0.3, 0.4) is 0 Å². The fourth-order valence-corrected chi connectivity index (χ4v) is 4.94. The fourth-order valence-electron chi connectivity index (χ4n) is 2.67. The zero-order chi connectivity index (χ0) is 13.3. The van der Waals surface area contributed by atoms with Crippen LogP contribution in [0.5, 0.6) is 0 Å². The van der Waals surface area contributed by atoms with E-state index >= 15 is 0 Å². The molecule has 2 unspecified atom stereocenters. The number of rotatable bonds is 3. The maximum absolute atomic E-state index is 6.26. The summed E-state index contributed by atoms with van der Waals surface area (Å²) in [6.07, 6.45) is 0. The molecule has 0 bridgehead atoms. The predicted molar refractivity (Wildman–Crippen MR) is 83.6 cm³/mol. The molecule has 4 heteroatoms. The third-order valence-corrected chi connectivity index (χ3v) is 5.77. The van der Waals surface area contributed by atoms with Crippen molar-refractivity contribution in [2.75, 3.05) is 18.8 Å². The molecule has 1 saturated heterocycles. The number of hydrogen-bond acceptors (Lipinski definition) is 4. The van der Waals surface area contributed by atoms with Crippen molar-refractivity contribution in [1.29, 1.82) is 0 Å². The molecule has 1 fully saturated rings. The highest BCUT2D eigenvalue weighted by atomic mass is 32.2. The lowest BCUT2D eigenvalue weighted by Crippen LogP contribution is -2.48. The van der Waals surface area contributed by atoms with Crippen molar-refractivity contribution in [3.8, 4) is 0 Å². The van der Waals surface area contributed by atoms with Gasteiger partial charge in [0.25, 0.3) is 0 Å². The van der Waals surface area contributed by atoms with Gasteiger partial charge in [-0.3, -0.25) is 4.90 Å². The minimum atomic E-state index is 0.182. The van der Waals surface area contributed by atoms with Crippen LogP contribution in [0.4, 0.5) is 0 Å². The molecule has 102 valence electrons. The van der Waals surface area contributed by atoms with Gasteiger partial charge in [0.2, 0.25) is 0 Å². The van der Waals surface area contributed by atoms with Crippen LogP contribution < -0.4 is 5.73 Å². The molecular formula is C14H24N2S2. The Morgan fingerprint density at radius 2 is 2.11 bits per heavy atom. The van der Waals surface area contributed by atoms with Gasteiger partial charge < -0.3 is 5.73 Å². The molecule has 2 atom stereocenters. The molecule has 0 spiro atoms. The summed E-state index contributed by atoms with van der Waals surface area (Å²) in [7, 11) is 0. The van der Waals surface area contributed by atoms with E-state index in [4.69, 9.17) is 5.73 Å². The summed E-state index contributed by atoms with van der Waals surface area (Å²) in [6.45, 7) is 11.2. The van der Waals surface area contributed by atoms with Crippen LogP contribution in [-0.2, 0) is 0 Å². The largest absolute Gasteiger partial charge is 0.326 e. The number of hydrogen-bond donors (Lipinski definition) is 1. The molecule has 0 amide bonds. The maximum Gasteiger partial charge on any atom is 0.0591 e. The molecule has 1 aromatic rings. The second-order valence-electron chi connectivity index (χ2n) is 5.83. The Labute approximate surface area is 119 Å². The minimum absolute atomic E-state index is 0.182. The normalized spacial score (nSPS) is 23.8. The lowest BCUT2D eigenvalue weighted by Gasteiger charge is -2.42. The van der Waals surface area contributed by atoms with Crippen molar-refractivity contribution in [1.82, 2.24) is 4.90 Å². The van der Waals surface area contributed by atoms with Crippen LogP contribution >= 0.6 is 23.1 Å². The molecule has 2 heterocycles. The van der Waals surface area contributed by atoms with E-state index < -0.39 is 0 Å². The molecule has 2 nitrogen and oxygen atoms in total. The Hall–Kier alpha value is -0.0300. The average molecular weight is 284 g/mol. The van der Waals surface area contributed by atoms with Crippen LogP contribution in [0.2, 0.25) is 0 Å². The van der Waals surface area contributed by atoms with Gasteiger partial charge >= 0.3 is 0 Å². The van der Waals surface area contributed by atoms with Crippen LogP contribution in [0.25, 0.3) is 0 Å². The van der Waals surface area contributed by atoms with Gasteiger partial charge in [0, 0.05) is 39.4 Å². The number of nitrogens with zero attached hydrogens (tertiary/aromatic N) is 1. The van der Waals surface area contributed by atoms with E-state index in [2.05, 4.69) is 56.5 Å². The summed E-state index contributed by atoms with van der Waals surface area (Å²) >= 11 is 3.96. The molecule has 0 saturated carbocycles. The third kappa shape index (κ3) is 3.29. The summed E-state index contributed by atoms with van der Waals surface area (Å²) in [6, 6.07) is 5.02. The van der Waals surface area contributed by atoms with E-state index in [1.165, 1.54) is 15.5 Å². The topological polar surface area (TPSA) is 29.3 Å². The first-order valence-corrected chi connectivity index (χ1v) is 8.39. The quantitative estimate of drug-likeness (QED) is 0.923. The van der Waals surface area contributed by atoms with Crippen LogP contribution in [0, 0.1) is 6.92 Å². The van der Waals surface area contributed by atoms with Gasteiger partial charge in [0.15, 0.2) is 0 Å². The Bertz CT molecular complexity index is 398. The summed E-state index contributed by atoms with van der Waals surface area (Å²) in [5.74, 6) is 1.21. The van der Waals surface area contributed by atoms with Crippen molar-refractivity contribution in [2.45, 2.75) is 44.5 Å². The van der Waals surface area contributed by atoms with Crippen molar-refractivity contribution in [2.24, 2.45) is 5.73 Å². The molecule has 0 aromatic carbocycles. The van der Waals surface area contributed by atoms with Crippen molar-refractivity contribution in [3.63, 3.8) is 0 Å². The van der Waals surface area contributed by atoms with Crippen LogP contribution in [-0.4, -0.2) is 34.5 Å². The van der Waals surface area contributed by atoms with Gasteiger partial charge in [0.05, 0.1) is 6.04 Å². The lowest BCUT2D eigenvalue weighted by molar-refractivity contribution is 0.171. The molecule has 1 aromatic heterocycles. The molecule has 1 aliphatic rings. The SMILES string of the molecule is Cc1ccc(C(C(C)N)N2CCSC(C)(C)C2)s1. The van der Waals surface area contributed by atoms with Crippen LogP contribution in [0.15, 0.2) is 12.1 Å². The Kier molecular flexibility index (Phi) is 4.42. The van der Waals surface area contributed by atoms with Gasteiger partial charge in [-0.05, 0) is 39.8 Å². The molecule has 2 N–H and O–H groups in total. The summed E-state index contributed by atoms with van der Waals surface area (Å²) in [4.78, 5) is 5.37. The zero-order valence-corrected chi connectivity index (χ0v) is 13.4. The summed E-state index contributed by atoms with van der Waals surface area (Å²) in [5, 5.41) is 0. The highest BCUT2D eigenvalue weighted by Gasteiger charge is 2.33. The maximum atomic E-state index is 6.26. The minimum Gasteiger partial charge on any atom is -0.326 e. The first kappa shape index (κ1) is 14.4. The summed E-state index contributed by atoms with van der Waals surface area (Å²) < 4.78 is 0.345. The molecule has 0 aliphatic carbocycles. The highest BCUT2D eigenvalue weighted by Crippen LogP contribution is 2.36. The van der Waals surface area contributed by atoms with Gasteiger partial charge in [-0.15, -0.1) is 11.3 Å². The Morgan fingerprint density at radius 1 is 1.39 bits per heavy atom. The molecule has 1 aliphatic heterocycles.